The number of nitrogens with one attached hydrogen (secondary N) is 1. The maximum atomic E-state index is 9.09. The third kappa shape index (κ3) is 2.93. The van der Waals surface area contributed by atoms with Crippen molar-refractivity contribution in [1.82, 2.24) is 4.90 Å². The van der Waals surface area contributed by atoms with Crippen LogP contribution in [0.15, 0.2) is 18.2 Å². The Kier molecular flexibility index (Phi) is 4.43. The Bertz CT molecular complexity index is 433. The molecule has 1 saturated heterocycles. The van der Waals surface area contributed by atoms with Crippen molar-refractivity contribution in [2.75, 3.05) is 38.6 Å². The summed E-state index contributed by atoms with van der Waals surface area (Å²) in [5.41, 5.74) is 1.44. The molecule has 4 heteroatoms. The van der Waals surface area contributed by atoms with Gasteiger partial charge in [0.25, 0.3) is 0 Å². The largest absolute Gasteiger partial charge is 0.495 e. The first-order chi connectivity index (χ1) is 8.85. The number of benzene rings is 1. The number of para-hydroxylation sites is 1. The molecule has 0 radical (unpaired) electrons. The Labute approximate surface area is 108 Å². The van der Waals surface area contributed by atoms with Crippen LogP contribution in [0.5, 0.6) is 5.75 Å². The highest BCUT2D eigenvalue weighted by molar-refractivity contribution is 5.66. The van der Waals surface area contributed by atoms with Crippen LogP contribution in [0.4, 0.5) is 5.69 Å². The highest BCUT2D eigenvalue weighted by Crippen LogP contribution is 2.27. The SMILES string of the molecule is COc1cccc(C#N)c1NCCN1CCCC1. The molecule has 1 aliphatic rings. The molecule has 0 amide bonds. The minimum atomic E-state index is 0.635. The van der Waals surface area contributed by atoms with E-state index in [0.717, 1.165) is 24.5 Å². The lowest BCUT2D eigenvalue weighted by molar-refractivity contribution is 0.352. The molecular formula is C14H19N3O. The van der Waals surface area contributed by atoms with E-state index < -0.39 is 0 Å². The van der Waals surface area contributed by atoms with Crippen molar-refractivity contribution in [3.8, 4) is 11.8 Å². The second-order valence-corrected chi connectivity index (χ2v) is 4.47. The van der Waals surface area contributed by atoms with Gasteiger partial charge in [-0.25, -0.2) is 0 Å². The summed E-state index contributed by atoms with van der Waals surface area (Å²) in [5.74, 6) is 0.732. The van der Waals surface area contributed by atoms with Gasteiger partial charge in [-0.2, -0.15) is 5.26 Å². The van der Waals surface area contributed by atoms with Gasteiger partial charge >= 0.3 is 0 Å². The van der Waals surface area contributed by atoms with Gasteiger partial charge in [-0.1, -0.05) is 6.07 Å². The third-order valence-electron chi connectivity index (χ3n) is 3.30. The lowest BCUT2D eigenvalue weighted by Crippen LogP contribution is -2.26. The molecule has 1 heterocycles. The maximum Gasteiger partial charge on any atom is 0.143 e. The molecule has 1 aromatic rings. The average molecular weight is 245 g/mol. The molecule has 1 N–H and O–H groups in total. The Morgan fingerprint density at radius 2 is 2.17 bits per heavy atom. The van der Waals surface area contributed by atoms with Crippen LogP contribution in [0.25, 0.3) is 0 Å². The fourth-order valence-electron chi connectivity index (χ4n) is 2.32. The van der Waals surface area contributed by atoms with Gasteiger partial charge in [0.2, 0.25) is 0 Å². The van der Waals surface area contributed by atoms with Crippen LogP contribution in [0.1, 0.15) is 18.4 Å². The number of anilines is 1. The molecule has 0 unspecified atom stereocenters. The van der Waals surface area contributed by atoms with Gasteiger partial charge in [0.1, 0.15) is 11.8 Å². The topological polar surface area (TPSA) is 48.3 Å². The zero-order valence-corrected chi connectivity index (χ0v) is 10.8. The van der Waals surface area contributed by atoms with Crippen LogP contribution in [-0.2, 0) is 0 Å². The van der Waals surface area contributed by atoms with Gasteiger partial charge in [-0.3, -0.25) is 0 Å². The van der Waals surface area contributed by atoms with Crippen LogP contribution in [0.2, 0.25) is 0 Å². The molecule has 0 aliphatic carbocycles. The number of ether oxygens (including phenoxy) is 1. The van der Waals surface area contributed by atoms with Crippen molar-refractivity contribution >= 4 is 5.69 Å². The lowest BCUT2D eigenvalue weighted by Gasteiger charge is -2.17. The lowest BCUT2D eigenvalue weighted by atomic mass is 10.2. The number of methoxy groups -OCH3 is 1. The average Bonchev–Trinajstić information content (AvgIpc) is 2.92. The summed E-state index contributed by atoms with van der Waals surface area (Å²) in [5, 5.41) is 12.4. The van der Waals surface area contributed by atoms with Gasteiger partial charge in [0, 0.05) is 13.1 Å². The second-order valence-electron chi connectivity index (χ2n) is 4.47. The molecule has 1 aliphatic heterocycles. The normalized spacial score (nSPS) is 15.3. The van der Waals surface area contributed by atoms with Crippen LogP contribution < -0.4 is 10.1 Å². The second kappa shape index (κ2) is 6.27. The van der Waals surface area contributed by atoms with Crippen molar-refractivity contribution in [3.05, 3.63) is 23.8 Å². The Hall–Kier alpha value is -1.73. The predicted molar refractivity (Wildman–Crippen MR) is 71.9 cm³/mol. The van der Waals surface area contributed by atoms with E-state index in [1.54, 1.807) is 13.2 Å². The molecule has 0 atom stereocenters. The van der Waals surface area contributed by atoms with Crippen molar-refractivity contribution in [1.29, 1.82) is 5.26 Å². The maximum absolute atomic E-state index is 9.09. The van der Waals surface area contributed by atoms with E-state index in [0.29, 0.717) is 5.56 Å². The summed E-state index contributed by atoms with van der Waals surface area (Å²) in [6.07, 6.45) is 2.61. The summed E-state index contributed by atoms with van der Waals surface area (Å²) >= 11 is 0. The highest BCUT2D eigenvalue weighted by atomic mass is 16.5. The number of hydrogen-bond acceptors (Lipinski definition) is 4. The van der Waals surface area contributed by atoms with Gasteiger partial charge in [-0.05, 0) is 38.1 Å². The smallest absolute Gasteiger partial charge is 0.143 e. The number of nitrogens with zero attached hydrogens (tertiary/aromatic N) is 2. The van der Waals surface area contributed by atoms with E-state index >= 15 is 0 Å². The molecule has 1 aromatic carbocycles. The Balaban J connectivity index is 1.97. The molecule has 18 heavy (non-hydrogen) atoms. The van der Waals surface area contributed by atoms with Crippen LogP contribution in [-0.4, -0.2) is 38.2 Å². The van der Waals surface area contributed by atoms with Crippen molar-refractivity contribution in [3.63, 3.8) is 0 Å². The number of likely N-dealkylation sites (tertiary alicyclic amines) is 1. The standard InChI is InChI=1S/C14H19N3O/c1-18-13-6-4-5-12(11-15)14(13)16-7-10-17-8-2-3-9-17/h4-6,16H,2-3,7-10H2,1H3. The Morgan fingerprint density at radius 1 is 1.39 bits per heavy atom. The summed E-state index contributed by atoms with van der Waals surface area (Å²) in [4.78, 5) is 2.44. The van der Waals surface area contributed by atoms with Crippen molar-refractivity contribution < 1.29 is 4.74 Å². The van der Waals surface area contributed by atoms with E-state index in [2.05, 4.69) is 16.3 Å². The fourth-order valence-corrected chi connectivity index (χ4v) is 2.32. The zero-order valence-electron chi connectivity index (χ0n) is 10.8. The van der Waals surface area contributed by atoms with E-state index in [1.807, 2.05) is 12.1 Å². The molecule has 4 nitrogen and oxygen atoms in total. The van der Waals surface area contributed by atoms with Gasteiger partial charge in [0.05, 0.1) is 18.4 Å². The predicted octanol–water partition coefficient (Wildman–Crippen LogP) is 2.07. The first-order valence-corrected chi connectivity index (χ1v) is 6.38. The quantitative estimate of drug-likeness (QED) is 0.862. The fraction of sp³-hybridized carbons (Fsp3) is 0.500. The minimum Gasteiger partial charge on any atom is -0.495 e. The molecule has 2 rings (SSSR count). The number of hydrogen-bond donors (Lipinski definition) is 1. The number of nitriles is 1. The first-order valence-electron chi connectivity index (χ1n) is 6.38. The summed E-state index contributed by atoms with van der Waals surface area (Å²) < 4.78 is 5.28. The summed E-state index contributed by atoms with van der Waals surface area (Å²) in [6, 6.07) is 7.71. The summed E-state index contributed by atoms with van der Waals surface area (Å²) in [7, 11) is 1.63. The molecule has 1 fully saturated rings. The van der Waals surface area contributed by atoms with Crippen LogP contribution >= 0.6 is 0 Å². The van der Waals surface area contributed by atoms with E-state index in [-0.39, 0.29) is 0 Å². The summed E-state index contributed by atoms with van der Waals surface area (Å²) in [6.45, 7) is 4.25. The molecule has 0 saturated carbocycles. The van der Waals surface area contributed by atoms with Crippen molar-refractivity contribution in [2.45, 2.75) is 12.8 Å². The number of rotatable bonds is 5. The van der Waals surface area contributed by atoms with Gasteiger partial charge in [0.15, 0.2) is 0 Å². The van der Waals surface area contributed by atoms with E-state index in [1.165, 1.54) is 25.9 Å². The van der Waals surface area contributed by atoms with Crippen molar-refractivity contribution in [2.24, 2.45) is 0 Å². The molecule has 0 aromatic heterocycles. The molecule has 96 valence electrons. The van der Waals surface area contributed by atoms with E-state index in [9.17, 15) is 0 Å². The Morgan fingerprint density at radius 3 is 2.83 bits per heavy atom. The third-order valence-corrected chi connectivity index (χ3v) is 3.30. The van der Waals surface area contributed by atoms with Gasteiger partial charge < -0.3 is 15.0 Å². The molecular weight excluding hydrogens is 226 g/mol. The highest BCUT2D eigenvalue weighted by Gasteiger charge is 2.12. The van der Waals surface area contributed by atoms with Gasteiger partial charge in [-0.15, -0.1) is 0 Å². The van der Waals surface area contributed by atoms with Crippen LogP contribution in [0, 0.1) is 11.3 Å². The monoisotopic (exact) mass is 245 g/mol. The zero-order chi connectivity index (χ0) is 12.8. The molecule has 0 bridgehead atoms. The molecule has 0 spiro atoms. The van der Waals surface area contributed by atoms with Crippen LogP contribution in [0.3, 0.4) is 0 Å². The van der Waals surface area contributed by atoms with E-state index in [4.69, 9.17) is 10.00 Å². The first kappa shape index (κ1) is 12.7. The minimum absolute atomic E-state index is 0.635.